The molecule has 0 saturated carbocycles. The monoisotopic (exact) mass is 417 g/mol. The minimum atomic E-state index is -0.00859. The number of aryl methyl sites for hydroxylation is 1. The second-order valence-corrected chi connectivity index (χ2v) is 8.86. The first-order valence-electron chi connectivity index (χ1n) is 11.1. The SMILES string of the molecule is CCc1c(C(=O)CN2CCC(C(=O)N3CC(C)OC(C)C3)CC2)[nH]c(C)c1C(C)=O. The van der Waals surface area contributed by atoms with Crippen molar-refractivity contribution in [1.82, 2.24) is 14.8 Å². The van der Waals surface area contributed by atoms with Crippen molar-refractivity contribution in [3.05, 3.63) is 22.5 Å². The van der Waals surface area contributed by atoms with Gasteiger partial charge in [-0.05, 0) is 65.6 Å². The van der Waals surface area contributed by atoms with Gasteiger partial charge in [-0.1, -0.05) is 6.92 Å². The summed E-state index contributed by atoms with van der Waals surface area (Å²) in [7, 11) is 0. The number of nitrogens with one attached hydrogen (secondary N) is 1. The van der Waals surface area contributed by atoms with E-state index in [9.17, 15) is 14.4 Å². The molecule has 7 heteroatoms. The Kier molecular flexibility index (Phi) is 7.14. The summed E-state index contributed by atoms with van der Waals surface area (Å²) in [6, 6.07) is 0. The molecule has 166 valence electrons. The quantitative estimate of drug-likeness (QED) is 0.720. The number of aromatic nitrogens is 1. The predicted molar refractivity (Wildman–Crippen MR) is 115 cm³/mol. The van der Waals surface area contributed by atoms with Crippen molar-refractivity contribution in [3.63, 3.8) is 0 Å². The zero-order valence-corrected chi connectivity index (χ0v) is 18.9. The summed E-state index contributed by atoms with van der Waals surface area (Å²) in [6.07, 6.45) is 2.34. The molecule has 2 saturated heterocycles. The standard InChI is InChI=1S/C23H35N3O4/c1-6-19-21(17(5)27)16(4)24-22(19)20(28)13-25-9-7-18(8-10-25)23(29)26-11-14(2)30-15(3)12-26/h14-15,18,24H,6-13H2,1-5H3. The highest BCUT2D eigenvalue weighted by molar-refractivity contribution is 6.04. The fraction of sp³-hybridized carbons (Fsp3) is 0.696. The Bertz CT molecular complexity index is 798. The fourth-order valence-electron chi connectivity index (χ4n) is 4.98. The van der Waals surface area contributed by atoms with E-state index < -0.39 is 0 Å². The fourth-order valence-corrected chi connectivity index (χ4v) is 4.98. The summed E-state index contributed by atoms with van der Waals surface area (Å²) >= 11 is 0. The molecule has 2 aliphatic heterocycles. The first-order valence-corrected chi connectivity index (χ1v) is 11.1. The van der Waals surface area contributed by atoms with E-state index in [1.807, 2.05) is 32.6 Å². The lowest BCUT2D eigenvalue weighted by Crippen LogP contribution is -2.51. The van der Waals surface area contributed by atoms with Crippen LogP contribution in [0.25, 0.3) is 0 Å². The van der Waals surface area contributed by atoms with Crippen LogP contribution in [0.4, 0.5) is 0 Å². The van der Waals surface area contributed by atoms with E-state index >= 15 is 0 Å². The highest BCUT2D eigenvalue weighted by Gasteiger charge is 2.33. The molecule has 3 heterocycles. The number of carbonyl (C=O) groups excluding carboxylic acids is 3. The Balaban J connectivity index is 1.57. The van der Waals surface area contributed by atoms with Crippen molar-refractivity contribution >= 4 is 17.5 Å². The topological polar surface area (TPSA) is 82.7 Å². The van der Waals surface area contributed by atoms with Gasteiger partial charge >= 0.3 is 0 Å². The summed E-state index contributed by atoms with van der Waals surface area (Å²) < 4.78 is 5.74. The summed E-state index contributed by atoms with van der Waals surface area (Å²) in [5.74, 6) is 0.258. The number of amides is 1. The molecular formula is C23H35N3O4. The second-order valence-electron chi connectivity index (χ2n) is 8.86. The lowest BCUT2D eigenvalue weighted by atomic mass is 9.94. The maximum Gasteiger partial charge on any atom is 0.225 e. The number of ketones is 2. The molecular weight excluding hydrogens is 382 g/mol. The molecule has 1 aromatic rings. The maximum atomic E-state index is 12.9. The van der Waals surface area contributed by atoms with Crippen LogP contribution in [0.5, 0.6) is 0 Å². The minimum absolute atomic E-state index is 0.00859. The lowest BCUT2D eigenvalue weighted by Gasteiger charge is -2.39. The van der Waals surface area contributed by atoms with Gasteiger partial charge < -0.3 is 14.6 Å². The molecule has 2 unspecified atom stereocenters. The van der Waals surface area contributed by atoms with E-state index in [0.29, 0.717) is 37.3 Å². The number of likely N-dealkylation sites (tertiary alicyclic amines) is 1. The van der Waals surface area contributed by atoms with Gasteiger partial charge in [-0.3, -0.25) is 19.3 Å². The third-order valence-corrected chi connectivity index (χ3v) is 6.31. The lowest BCUT2D eigenvalue weighted by molar-refractivity contribution is -0.148. The largest absolute Gasteiger partial charge is 0.372 e. The van der Waals surface area contributed by atoms with E-state index in [1.165, 1.54) is 0 Å². The predicted octanol–water partition coefficient (Wildman–Crippen LogP) is 2.62. The minimum Gasteiger partial charge on any atom is -0.372 e. The van der Waals surface area contributed by atoms with E-state index in [-0.39, 0.29) is 35.6 Å². The number of H-pyrrole nitrogens is 1. The van der Waals surface area contributed by atoms with Gasteiger partial charge in [0, 0.05) is 30.3 Å². The van der Waals surface area contributed by atoms with E-state index in [1.54, 1.807) is 6.92 Å². The van der Waals surface area contributed by atoms with Crippen molar-refractivity contribution < 1.29 is 19.1 Å². The summed E-state index contributed by atoms with van der Waals surface area (Å²) in [4.78, 5) is 45.0. The zero-order valence-electron chi connectivity index (χ0n) is 18.9. The van der Waals surface area contributed by atoms with Crippen molar-refractivity contribution in [2.24, 2.45) is 5.92 Å². The van der Waals surface area contributed by atoms with Crippen molar-refractivity contribution in [2.75, 3.05) is 32.7 Å². The molecule has 3 rings (SSSR count). The number of ether oxygens (including phenoxy) is 1. The van der Waals surface area contributed by atoms with Gasteiger partial charge in [0.05, 0.1) is 24.4 Å². The van der Waals surface area contributed by atoms with Gasteiger partial charge in [-0.2, -0.15) is 0 Å². The molecule has 0 aliphatic carbocycles. The normalized spacial score (nSPS) is 23.6. The molecule has 0 spiro atoms. The van der Waals surface area contributed by atoms with Crippen LogP contribution in [0.15, 0.2) is 0 Å². The van der Waals surface area contributed by atoms with Gasteiger partial charge in [0.15, 0.2) is 11.6 Å². The Hall–Kier alpha value is -1.99. The molecule has 30 heavy (non-hydrogen) atoms. The van der Waals surface area contributed by atoms with Gasteiger partial charge in [0.1, 0.15) is 0 Å². The van der Waals surface area contributed by atoms with Crippen LogP contribution in [0.2, 0.25) is 0 Å². The first kappa shape index (κ1) is 22.7. The van der Waals surface area contributed by atoms with Gasteiger partial charge in [0.25, 0.3) is 0 Å². The first-order chi connectivity index (χ1) is 14.2. The molecule has 7 nitrogen and oxygen atoms in total. The maximum absolute atomic E-state index is 12.9. The molecule has 1 amide bonds. The van der Waals surface area contributed by atoms with Gasteiger partial charge in [-0.15, -0.1) is 0 Å². The number of nitrogens with zero attached hydrogens (tertiary/aromatic N) is 2. The number of hydrogen-bond donors (Lipinski definition) is 1. The summed E-state index contributed by atoms with van der Waals surface area (Å²) in [5.41, 5.74) is 2.81. The summed E-state index contributed by atoms with van der Waals surface area (Å²) in [5, 5.41) is 0. The van der Waals surface area contributed by atoms with E-state index in [0.717, 1.165) is 37.2 Å². The highest BCUT2D eigenvalue weighted by atomic mass is 16.5. The smallest absolute Gasteiger partial charge is 0.225 e. The zero-order chi connectivity index (χ0) is 22.0. The third kappa shape index (κ3) is 4.83. The van der Waals surface area contributed by atoms with Gasteiger partial charge in [-0.25, -0.2) is 0 Å². The second kappa shape index (κ2) is 9.43. The number of Topliss-reactive ketones (excluding diaryl/α,β-unsaturated/α-hetero) is 2. The molecule has 0 aromatic carbocycles. The molecule has 2 aliphatic rings. The van der Waals surface area contributed by atoms with Crippen molar-refractivity contribution in [1.29, 1.82) is 0 Å². The number of piperidine rings is 1. The average Bonchev–Trinajstić information content (AvgIpc) is 3.04. The molecule has 1 aromatic heterocycles. The van der Waals surface area contributed by atoms with Crippen LogP contribution >= 0.6 is 0 Å². The van der Waals surface area contributed by atoms with Crippen LogP contribution < -0.4 is 0 Å². The number of morpholine rings is 1. The molecule has 0 bridgehead atoms. The molecule has 0 radical (unpaired) electrons. The Labute approximate surface area is 179 Å². The van der Waals surface area contributed by atoms with Crippen LogP contribution in [0.3, 0.4) is 0 Å². The Morgan fingerprint density at radius 3 is 2.23 bits per heavy atom. The number of carbonyl (C=O) groups is 3. The average molecular weight is 418 g/mol. The number of rotatable bonds is 6. The van der Waals surface area contributed by atoms with Crippen LogP contribution in [0.1, 0.15) is 72.6 Å². The van der Waals surface area contributed by atoms with Crippen molar-refractivity contribution in [3.8, 4) is 0 Å². The molecule has 2 atom stereocenters. The molecule has 2 fully saturated rings. The van der Waals surface area contributed by atoms with Crippen LogP contribution in [-0.4, -0.2) is 77.2 Å². The number of hydrogen-bond acceptors (Lipinski definition) is 5. The van der Waals surface area contributed by atoms with Crippen LogP contribution in [-0.2, 0) is 16.0 Å². The number of aromatic amines is 1. The van der Waals surface area contributed by atoms with Crippen LogP contribution in [0, 0.1) is 12.8 Å². The summed E-state index contributed by atoms with van der Waals surface area (Å²) in [6.45, 7) is 12.5. The molecule has 1 N–H and O–H groups in total. The van der Waals surface area contributed by atoms with Gasteiger partial charge in [0.2, 0.25) is 5.91 Å². The Morgan fingerprint density at radius 1 is 1.10 bits per heavy atom. The van der Waals surface area contributed by atoms with E-state index in [4.69, 9.17) is 4.74 Å². The Morgan fingerprint density at radius 2 is 1.70 bits per heavy atom. The van der Waals surface area contributed by atoms with Crippen molar-refractivity contribution in [2.45, 2.75) is 66.1 Å². The van der Waals surface area contributed by atoms with E-state index in [2.05, 4.69) is 9.88 Å². The third-order valence-electron chi connectivity index (χ3n) is 6.31. The highest BCUT2D eigenvalue weighted by Crippen LogP contribution is 2.24.